The van der Waals surface area contributed by atoms with Crippen LogP contribution in [-0.2, 0) is 4.79 Å². The molecule has 104 valence electrons. The molecule has 6 nitrogen and oxygen atoms in total. The van der Waals surface area contributed by atoms with Crippen LogP contribution in [0, 0.1) is 0 Å². The second-order valence-corrected chi connectivity index (χ2v) is 4.37. The first-order chi connectivity index (χ1) is 9.13. The normalized spacial score (nSPS) is 15.5. The van der Waals surface area contributed by atoms with Crippen molar-refractivity contribution in [2.24, 2.45) is 5.73 Å². The van der Waals surface area contributed by atoms with Gasteiger partial charge in [-0.3, -0.25) is 4.79 Å². The van der Waals surface area contributed by atoms with Crippen LogP contribution in [0.2, 0.25) is 0 Å². The predicted octanol–water partition coefficient (Wildman–Crippen LogP) is 0.130. The lowest BCUT2D eigenvalue weighted by Crippen LogP contribution is -2.44. The summed E-state index contributed by atoms with van der Waals surface area (Å²) >= 11 is 0. The molecule has 0 fully saturated rings. The number of hydrogen-bond acceptors (Lipinski definition) is 5. The number of ether oxygens (including phenoxy) is 2. The molecule has 0 spiro atoms. The molecule has 1 aromatic rings. The number of likely N-dealkylation sites (N-methyl/N-ethyl adjacent to an activating group) is 1. The van der Waals surface area contributed by atoms with Crippen molar-refractivity contribution >= 4 is 11.6 Å². The fourth-order valence-corrected chi connectivity index (χ4v) is 1.81. The summed E-state index contributed by atoms with van der Waals surface area (Å²) in [6.07, 6.45) is 0.828. The number of carbonyl (C=O) groups excluding carboxylic acids is 1. The minimum absolute atomic E-state index is 0.350. The van der Waals surface area contributed by atoms with Crippen molar-refractivity contribution in [2.45, 2.75) is 12.5 Å². The Morgan fingerprint density at radius 2 is 2.11 bits per heavy atom. The summed E-state index contributed by atoms with van der Waals surface area (Å²) in [6.45, 7) is 0.828. The van der Waals surface area contributed by atoms with Crippen LogP contribution in [0.5, 0.6) is 11.5 Å². The Morgan fingerprint density at radius 3 is 2.79 bits per heavy atom. The van der Waals surface area contributed by atoms with E-state index in [2.05, 4.69) is 0 Å². The van der Waals surface area contributed by atoms with Crippen molar-refractivity contribution in [2.75, 3.05) is 31.8 Å². The van der Waals surface area contributed by atoms with Gasteiger partial charge in [0, 0.05) is 25.2 Å². The summed E-state index contributed by atoms with van der Waals surface area (Å²) in [5.74, 6) is 0.942. The number of amides is 1. The molecule has 0 aliphatic carbocycles. The molecular weight excluding hydrogens is 248 g/mol. The van der Waals surface area contributed by atoms with Gasteiger partial charge in [0.05, 0.1) is 19.8 Å². The topological polar surface area (TPSA) is 85.0 Å². The van der Waals surface area contributed by atoms with E-state index in [0.717, 1.165) is 6.42 Å². The van der Waals surface area contributed by atoms with Gasteiger partial charge in [-0.2, -0.15) is 0 Å². The van der Waals surface area contributed by atoms with Crippen molar-refractivity contribution in [3.05, 3.63) is 18.2 Å². The van der Waals surface area contributed by atoms with E-state index in [-0.39, 0.29) is 12.5 Å². The van der Waals surface area contributed by atoms with Crippen LogP contribution in [0.1, 0.15) is 6.42 Å². The van der Waals surface area contributed by atoms with Crippen LogP contribution in [0.25, 0.3) is 0 Å². The number of aliphatic hydroxyl groups is 1. The monoisotopic (exact) mass is 266 g/mol. The Kier molecular flexibility index (Phi) is 4.24. The fourth-order valence-electron chi connectivity index (χ4n) is 1.81. The number of rotatable bonds is 3. The summed E-state index contributed by atoms with van der Waals surface area (Å²) in [5.41, 5.74) is 6.17. The number of fused-ring (bicyclic) bond motifs is 1. The van der Waals surface area contributed by atoms with Gasteiger partial charge in [0.2, 0.25) is 5.91 Å². The van der Waals surface area contributed by atoms with Gasteiger partial charge in [0.1, 0.15) is 6.04 Å². The van der Waals surface area contributed by atoms with Gasteiger partial charge < -0.3 is 25.2 Å². The van der Waals surface area contributed by atoms with Gasteiger partial charge in [-0.1, -0.05) is 0 Å². The SMILES string of the molecule is CN(C(=O)C(N)CO)c1ccc2c(c1)OCCCO2. The first-order valence-corrected chi connectivity index (χ1v) is 6.17. The lowest BCUT2D eigenvalue weighted by atomic mass is 10.2. The molecule has 1 aliphatic rings. The van der Waals surface area contributed by atoms with E-state index >= 15 is 0 Å². The molecule has 1 aliphatic heterocycles. The second-order valence-electron chi connectivity index (χ2n) is 4.37. The van der Waals surface area contributed by atoms with Crippen molar-refractivity contribution in [1.82, 2.24) is 0 Å². The fraction of sp³-hybridized carbons (Fsp3) is 0.462. The van der Waals surface area contributed by atoms with Gasteiger partial charge in [0.15, 0.2) is 11.5 Å². The third-order valence-electron chi connectivity index (χ3n) is 2.96. The van der Waals surface area contributed by atoms with E-state index < -0.39 is 6.04 Å². The standard InChI is InChI=1S/C13H18N2O4/c1-15(13(17)10(14)8-16)9-3-4-11-12(7-9)19-6-2-5-18-11/h3-4,7,10,16H,2,5-6,8,14H2,1H3. The third-order valence-corrected chi connectivity index (χ3v) is 2.96. The zero-order valence-corrected chi connectivity index (χ0v) is 10.8. The number of nitrogens with zero attached hydrogens (tertiary/aromatic N) is 1. The Bertz CT molecular complexity index is 464. The van der Waals surface area contributed by atoms with Crippen LogP contribution in [0.15, 0.2) is 18.2 Å². The van der Waals surface area contributed by atoms with Crippen LogP contribution in [0.4, 0.5) is 5.69 Å². The molecule has 3 N–H and O–H groups in total. The largest absolute Gasteiger partial charge is 0.490 e. The summed E-state index contributed by atoms with van der Waals surface area (Å²) in [6, 6.07) is 4.35. The smallest absolute Gasteiger partial charge is 0.246 e. The second kappa shape index (κ2) is 5.90. The van der Waals surface area contributed by atoms with Crippen molar-refractivity contribution in [3.8, 4) is 11.5 Å². The highest BCUT2D eigenvalue weighted by Gasteiger charge is 2.20. The van der Waals surface area contributed by atoms with E-state index in [1.165, 1.54) is 4.90 Å². The molecule has 0 bridgehead atoms. The molecule has 0 aromatic heterocycles. The highest BCUT2D eigenvalue weighted by atomic mass is 16.5. The van der Waals surface area contributed by atoms with Crippen molar-refractivity contribution in [3.63, 3.8) is 0 Å². The zero-order valence-electron chi connectivity index (χ0n) is 10.8. The molecule has 6 heteroatoms. The van der Waals surface area contributed by atoms with E-state index in [0.29, 0.717) is 30.4 Å². The van der Waals surface area contributed by atoms with E-state index in [4.69, 9.17) is 20.3 Å². The average Bonchev–Trinajstić information content (AvgIpc) is 2.69. The van der Waals surface area contributed by atoms with Gasteiger partial charge in [-0.25, -0.2) is 0 Å². The van der Waals surface area contributed by atoms with E-state index in [1.54, 1.807) is 25.2 Å². The molecule has 2 rings (SSSR count). The molecule has 0 radical (unpaired) electrons. The van der Waals surface area contributed by atoms with Crippen LogP contribution >= 0.6 is 0 Å². The van der Waals surface area contributed by atoms with Crippen molar-refractivity contribution < 1.29 is 19.4 Å². The van der Waals surface area contributed by atoms with Gasteiger partial charge >= 0.3 is 0 Å². The molecule has 1 heterocycles. The molecule has 1 atom stereocenters. The van der Waals surface area contributed by atoms with E-state index in [1.807, 2.05) is 0 Å². The summed E-state index contributed by atoms with van der Waals surface area (Å²) in [4.78, 5) is 13.3. The van der Waals surface area contributed by atoms with E-state index in [9.17, 15) is 4.79 Å². The quantitative estimate of drug-likeness (QED) is 0.812. The maximum absolute atomic E-state index is 11.9. The minimum atomic E-state index is -0.916. The maximum atomic E-state index is 11.9. The Hall–Kier alpha value is -1.79. The Morgan fingerprint density at radius 1 is 1.42 bits per heavy atom. The first kappa shape index (κ1) is 13.6. The van der Waals surface area contributed by atoms with Gasteiger partial charge in [0.25, 0.3) is 0 Å². The third kappa shape index (κ3) is 2.97. The minimum Gasteiger partial charge on any atom is -0.490 e. The van der Waals surface area contributed by atoms with Gasteiger partial charge in [-0.15, -0.1) is 0 Å². The number of benzene rings is 1. The van der Waals surface area contributed by atoms with Crippen molar-refractivity contribution in [1.29, 1.82) is 0 Å². The van der Waals surface area contributed by atoms with Gasteiger partial charge in [-0.05, 0) is 12.1 Å². The average molecular weight is 266 g/mol. The molecule has 1 aromatic carbocycles. The molecule has 1 unspecified atom stereocenters. The molecule has 1 amide bonds. The lowest BCUT2D eigenvalue weighted by Gasteiger charge is -2.21. The summed E-state index contributed by atoms with van der Waals surface area (Å²) in [5, 5.41) is 8.91. The Labute approximate surface area is 111 Å². The summed E-state index contributed by atoms with van der Waals surface area (Å²) < 4.78 is 11.1. The van der Waals surface area contributed by atoms with Crippen LogP contribution in [0.3, 0.4) is 0 Å². The number of carbonyl (C=O) groups is 1. The number of aliphatic hydroxyl groups excluding tert-OH is 1. The predicted molar refractivity (Wildman–Crippen MR) is 70.5 cm³/mol. The maximum Gasteiger partial charge on any atom is 0.246 e. The number of hydrogen-bond donors (Lipinski definition) is 2. The van der Waals surface area contributed by atoms with Crippen LogP contribution < -0.4 is 20.1 Å². The molecule has 0 saturated carbocycles. The first-order valence-electron chi connectivity index (χ1n) is 6.17. The van der Waals surface area contributed by atoms with Crippen LogP contribution in [-0.4, -0.2) is 43.9 Å². The lowest BCUT2D eigenvalue weighted by molar-refractivity contribution is -0.120. The highest BCUT2D eigenvalue weighted by Crippen LogP contribution is 2.33. The number of nitrogens with two attached hydrogens (primary N) is 1. The number of anilines is 1. The molecule has 0 saturated heterocycles. The zero-order chi connectivity index (χ0) is 13.8. The summed E-state index contributed by atoms with van der Waals surface area (Å²) in [7, 11) is 1.61. The molecule has 19 heavy (non-hydrogen) atoms. The highest BCUT2D eigenvalue weighted by molar-refractivity contribution is 5.96. The molecular formula is C13H18N2O4. The Balaban J connectivity index is 2.21.